The summed E-state index contributed by atoms with van der Waals surface area (Å²) < 4.78 is 50.9. The quantitative estimate of drug-likeness (QED) is 0.215. The van der Waals surface area contributed by atoms with Crippen molar-refractivity contribution in [3.63, 3.8) is 0 Å². The number of hydrogen-bond donors (Lipinski definition) is 2. The van der Waals surface area contributed by atoms with Crippen molar-refractivity contribution in [2.75, 3.05) is 20.2 Å². The topological polar surface area (TPSA) is 84.9 Å². The predicted octanol–water partition coefficient (Wildman–Crippen LogP) is 5.93. The SMILES string of the molecule is COc1ccc(CC(=O)O)cc1-c1ccc(C(F)(F)F)cc1CCNCCC(=O)OCc1ccccc1Cl. The van der Waals surface area contributed by atoms with Crippen LogP contribution in [0.5, 0.6) is 5.75 Å². The molecule has 0 atom stereocenters. The van der Waals surface area contributed by atoms with Crippen molar-refractivity contribution >= 4 is 23.5 Å². The average Bonchev–Trinajstić information content (AvgIpc) is 2.87. The van der Waals surface area contributed by atoms with Crippen LogP contribution in [0, 0.1) is 0 Å². The number of carboxylic acids is 1. The fraction of sp³-hybridized carbons (Fsp3) is 0.286. The van der Waals surface area contributed by atoms with E-state index in [0.717, 1.165) is 12.1 Å². The van der Waals surface area contributed by atoms with E-state index in [4.69, 9.17) is 26.2 Å². The maximum absolute atomic E-state index is 13.4. The van der Waals surface area contributed by atoms with Crippen molar-refractivity contribution < 1.29 is 37.3 Å². The van der Waals surface area contributed by atoms with Crippen molar-refractivity contribution in [2.45, 2.75) is 32.0 Å². The lowest BCUT2D eigenvalue weighted by Gasteiger charge is -2.17. The second-order valence-electron chi connectivity index (χ2n) is 8.48. The Morgan fingerprint density at radius 1 is 0.974 bits per heavy atom. The summed E-state index contributed by atoms with van der Waals surface area (Å²) >= 11 is 6.05. The molecule has 0 saturated carbocycles. The summed E-state index contributed by atoms with van der Waals surface area (Å²) in [5.74, 6) is -1.05. The van der Waals surface area contributed by atoms with Crippen LogP contribution in [0.1, 0.15) is 28.7 Å². The van der Waals surface area contributed by atoms with Crippen molar-refractivity contribution in [1.29, 1.82) is 0 Å². The largest absolute Gasteiger partial charge is 0.496 e. The molecule has 0 aromatic heterocycles. The normalized spacial score (nSPS) is 11.3. The third kappa shape index (κ3) is 8.22. The van der Waals surface area contributed by atoms with Crippen molar-refractivity contribution in [3.8, 4) is 16.9 Å². The number of benzene rings is 3. The standard InChI is InChI=1S/C28H27ClF3NO5/c1-37-25-9-6-18(15-26(34)35)14-23(25)22-8-7-21(28(30,31)32)16-19(22)10-12-33-13-11-27(36)38-17-20-4-2-3-5-24(20)29/h2-9,14,16,33H,10-13,15,17H2,1H3,(H,34,35). The van der Waals surface area contributed by atoms with Gasteiger partial charge in [-0.1, -0.05) is 41.9 Å². The summed E-state index contributed by atoms with van der Waals surface area (Å²) in [5, 5.41) is 12.7. The second kappa shape index (κ2) is 13.3. The van der Waals surface area contributed by atoms with Gasteiger partial charge in [-0.2, -0.15) is 13.2 Å². The molecule has 0 bridgehead atoms. The van der Waals surface area contributed by atoms with E-state index in [1.54, 1.807) is 42.5 Å². The van der Waals surface area contributed by atoms with Gasteiger partial charge in [-0.05, 0) is 60.0 Å². The average molecular weight is 550 g/mol. The summed E-state index contributed by atoms with van der Waals surface area (Å²) in [6.07, 6.45) is -4.46. The third-order valence-electron chi connectivity index (χ3n) is 5.77. The highest BCUT2D eigenvalue weighted by Gasteiger charge is 2.31. The van der Waals surface area contributed by atoms with E-state index < -0.39 is 23.7 Å². The maximum Gasteiger partial charge on any atom is 0.416 e. The number of nitrogens with one attached hydrogen (secondary N) is 1. The molecule has 0 unspecified atom stereocenters. The van der Waals surface area contributed by atoms with Crippen molar-refractivity contribution in [3.05, 3.63) is 87.9 Å². The molecule has 2 N–H and O–H groups in total. The number of ether oxygens (including phenoxy) is 2. The van der Waals surface area contributed by atoms with E-state index in [0.29, 0.717) is 45.1 Å². The molecule has 0 aliphatic rings. The van der Waals surface area contributed by atoms with Crippen LogP contribution in [0.25, 0.3) is 11.1 Å². The number of halogens is 4. The van der Waals surface area contributed by atoms with Crippen LogP contribution in [0.2, 0.25) is 5.02 Å². The zero-order chi connectivity index (χ0) is 27.7. The summed E-state index contributed by atoms with van der Waals surface area (Å²) in [5.41, 5.74) is 1.79. The first-order valence-corrected chi connectivity index (χ1v) is 12.1. The van der Waals surface area contributed by atoms with Gasteiger partial charge < -0.3 is 19.9 Å². The van der Waals surface area contributed by atoms with Crippen molar-refractivity contribution in [2.24, 2.45) is 0 Å². The molecule has 0 heterocycles. The molecule has 0 spiro atoms. The number of methoxy groups -OCH3 is 1. The van der Waals surface area contributed by atoms with Crippen LogP contribution in [0.15, 0.2) is 60.7 Å². The van der Waals surface area contributed by atoms with Gasteiger partial charge in [-0.3, -0.25) is 9.59 Å². The Hall–Kier alpha value is -3.56. The van der Waals surface area contributed by atoms with Crippen LogP contribution in [-0.2, 0) is 40.0 Å². The maximum atomic E-state index is 13.4. The molecule has 0 saturated heterocycles. The van der Waals surface area contributed by atoms with Crippen LogP contribution in [-0.4, -0.2) is 37.2 Å². The highest BCUT2D eigenvalue weighted by atomic mass is 35.5. The number of alkyl halides is 3. The smallest absolute Gasteiger partial charge is 0.416 e. The van der Waals surface area contributed by atoms with Crippen LogP contribution < -0.4 is 10.1 Å². The molecule has 0 aliphatic heterocycles. The number of hydrogen-bond acceptors (Lipinski definition) is 5. The van der Waals surface area contributed by atoms with Gasteiger partial charge in [0.25, 0.3) is 0 Å². The first kappa shape index (κ1) is 29.0. The minimum atomic E-state index is -4.53. The van der Waals surface area contributed by atoms with E-state index in [9.17, 15) is 22.8 Å². The lowest BCUT2D eigenvalue weighted by Crippen LogP contribution is -2.22. The Kier molecular flexibility index (Phi) is 10.2. The molecule has 3 aromatic carbocycles. The minimum absolute atomic E-state index is 0.0505. The van der Waals surface area contributed by atoms with Gasteiger partial charge in [0.2, 0.25) is 0 Å². The van der Waals surface area contributed by atoms with Gasteiger partial charge in [0.1, 0.15) is 12.4 Å². The monoisotopic (exact) mass is 549 g/mol. The van der Waals surface area contributed by atoms with E-state index in [1.807, 2.05) is 0 Å². The lowest BCUT2D eigenvalue weighted by atomic mass is 9.93. The first-order chi connectivity index (χ1) is 18.1. The molecule has 38 heavy (non-hydrogen) atoms. The minimum Gasteiger partial charge on any atom is -0.496 e. The molecule has 0 radical (unpaired) electrons. The molecule has 3 aromatic rings. The Morgan fingerprint density at radius 3 is 2.42 bits per heavy atom. The lowest BCUT2D eigenvalue weighted by molar-refractivity contribution is -0.145. The number of carbonyl (C=O) groups excluding carboxylic acids is 1. The van der Waals surface area contributed by atoms with E-state index in [2.05, 4.69) is 5.32 Å². The second-order valence-corrected chi connectivity index (χ2v) is 8.88. The predicted molar refractivity (Wildman–Crippen MR) is 137 cm³/mol. The number of esters is 1. The van der Waals surface area contributed by atoms with Crippen LogP contribution in [0.3, 0.4) is 0 Å². The number of carboxylic acid groups (broad SMARTS) is 1. The third-order valence-corrected chi connectivity index (χ3v) is 6.13. The van der Waals surface area contributed by atoms with E-state index in [-0.39, 0.29) is 32.4 Å². The Morgan fingerprint density at radius 2 is 1.74 bits per heavy atom. The summed E-state index contributed by atoms with van der Waals surface area (Å²) in [6, 6.07) is 15.3. The molecule has 10 heteroatoms. The fourth-order valence-electron chi connectivity index (χ4n) is 3.87. The van der Waals surface area contributed by atoms with Gasteiger partial charge in [-0.15, -0.1) is 0 Å². The summed E-state index contributed by atoms with van der Waals surface area (Å²) in [4.78, 5) is 23.2. The summed E-state index contributed by atoms with van der Waals surface area (Å²) in [6.45, 7) is 0.616. The molecule has 202 valence electrons. The molecular weight excluding hydrogens is 523 g/mol. The van der Waals surface area contributed by atoms with E-state index in [1.165, 1.54) is 13.2 Å². The number of rotatable bonds is 12. The van der Waals surface area contributed by atoms with Gasteiger partial charge in [0.15, 0.2) is 0 Å². The van der Waals surface area contributed by atoms with Gasteiger partial charge >= 0.3 is 18.1 Å². The molecule has 3 rings (SSSR count). The molecule has 6 nitrogen and oxygen atoms in total. The highest BCUT2D eigenvalue weighted by Crippen LogP contribution is 2.37. The fourth-order valence-corrected chi connectivity index (χ4v) is 4.06. The van der Waals surface area contributed by atoms with Gasteiger partial charge in [0.05, 0.1) is 25.5 Å². The van der Waals surface area contributed by atoms with Gasteiger partial charge in [0, 0.05) is 22.7 Å². The summed E-state index contributed by atoms with van der Waals surface area (Å²) in [7, 11) is 1.44. The Bertz CT molecular complexity index is 1280. The van der Waals surface area contributed by atoms with Crippen LogP contribution >= 0.6 is 11.6 Å². The zero-order valence-corrected chi connectivity index (χ0v) is 21.4. The molecule has 0 aliphatic carbocycles. The van der Waals surface area contributed by atoms with E-state index >= 15 is 0 Å². The molecule has 0 fully saturated rings. The molecular formula is C28H27ClF3NO5. The number of aliphatic carboxylic acids is 1. The van der Waals surface area contributed by atoms with Crippen LogP contribution in [0.4, 0.5) is 13.2 Å². The Balaban J connectivity index is 1.68. The Labute approximate surface area is 223 Å². The van der Waals surface area contributed by atoms with Crippen molar-refractivity contribution in [1.82, 2.24) is 5.32 Å². The zero-order valence-electron chi connectivity index (χ0n) is 20.6. The first-order valence-electron chi connectivity index (χ1n) is 11.8. The van der Waals surface area contributed by atoms with Gasteiger partial charge in [-0.25, -0.2) is 0 Å². The molecule has 0 amide bonds. The number of carbonyl (C=O) groups is 2. The highest BCUT2D eigenvalue weighted by molar-refractivity contribution is 6.31.